The van der Waals surface area contributed by atoms with E-state index >= 15 is 0 Å². The van der Waals surface area contributed by atoms with Crippen molar-refractivity contribution in [3.8, 4) is 11.6 Å². The minimum absolute atomic E-state index is 0.00677. The maximum absolute atomic E-state index is 12.5. The van der Waals surface area contributed by atoms with E-state index in [0.717, 1.165) is 6.42 Å². The Balaban J connectivity index is 1.63. The van der Waals surface area contributed by atoms with Gasteiger partial charge in [0.15, 0.2) is 0 Å². The third-order valence-corrected chi connectivity index (χ3v) is 3.59. The van der Waals surface area contributed by atoms with E-state index in [1.807, 2.05) is 12.1 Å². The molecule has 1 aromatic carbocycles. The summed E-state index contributed by atoms with van der Waals surface area (Å²) in [7, 11) is 1.59. The number of amides is 1. The van der Waals surface area contributed by atoms with Crippen molar-refractivity contribution in [2.75, 3.05) is 20.2 Å². The van der Waals surface area contributed by atoms with Crippen LogP contribution in [0.15, 0.2) is 42.9 Å². The first kappa shape index (κ1) is 14.3. The van der Waals surface area contributed by atoms with Crippen LogP contribution >= 0.6 is 0 Å². The van der Waals surface area contributed by atoms with Crippen LogP contribution in [0, 0.1) is 0 Å². The van der Waals surface area contributed by atoms with Gasteiger partial charge in [0, 0.05) is 30.8 Å². The van der Waals surface area contributed by atoms with E-state index in [1.54, 1.807) is 36.4 Å². The number of carbonyl (C=O) groups is 1. The van der Waals surface area contributed by atoms with Crippen LogP contribution < -0.4 is 9.47 Å². The topological polar surface area (TPSA) is 64.5 Å². The molecule has 2 heterocycles. The van der Waals surface area contributed by atoms with Gasteiger partial charge in [0.25, 0.3) is 5.91 Å². The van der Waals surface area contributed by atoms with E-state index in [1.165, 1.54) is 6.33 Å². The summed E-state index contributed by atoms with van der Waals surface area (Å²) in [5.41, 5.74) is 0.627. The number of hydrogen-bond donors (Lipinski definition) is 0. The third-order valence-electron chi connectivity index (χ3n) is 3.59. The van der Waals surface area contributed by atoms with Crippen LogP contribution in [0.3, 0.4) is 0 Å². The van der Waals surface area contributed by atoms with Gasteiger partial charge in [0.05, 0.1) is 13.7 Å². The second kappa shape index (κ2) is 6.43. The predicted molar refractivity (Wildman–Crippen MR) is 80.0 cm³/mol. The number of ether oxygens (including phenoxy) is 2. The zero-order valence-electron chi connectivity index (χ0n) is 12.3. The van der Waals surface area contributed by atoms with Gasteiger partial charge in [-0.1, -0.05) is 6.07 Å². The molecule has 6 nitrogen and oxygen atoms in total. The molecule has 0 N–H and O–H groups in total. The van der Waals surface area contributed by atoms with Gasteiger partial charge >= 0.3 is 0 Å². The Morgan fingerprint density at radius 2 is 2.27 bits per heavy atom. The molecule has 0 aliphatic carbocycles. The fraction of sp³-hybridized carbons (Fsp3) is 0.312. The zero-order valence-corrected chi connectivity index (χ0v) is 12.3. The monoisotopic (exact) mass is 299 g/mol. The number of benzene rings is 1. The summed E-state index contributed by atoms with van der Waals surface area (Å²) in [4.78, 5) is 22.2. The lowest BCUT2D eigenvalue weighted by molar-refractivity contribution is 0.0771. The molecule has 1 unspecified atom stereocenters. The summed E-state index contributed by atoms with van der Waals surface area (Å²) in [6.45, 7) is 1.23. The largest absolute Gasteiger partial charge is 0.497 e. The number of hydrogen-bond acceptors (Lipinski definition) is 5. The highest BCUT2D eigenvalue weighted by molar-refractivity contribution is 5.94. The maximum Gasteiger partial charge on any atom is 0.254 e. The van der Waals surface area contributed by atoms with Crippen molar-refractivity contribution in [3.05, 3.63) is 48.4 Å². The average molecular weight is 299 g/mol. The summed E-state index contributed by atoms with van der Waals surface area (Å²) in [6, 6.07) is 8.90. The molecule has 3 rings (SSSR count). The van der Waals surface area contributed by atoms with Gasteiger partial charge in [-0.25, -0.2) is 9.97 Å². The van der Waals surface area contributed by atoms with Gasteiger partial charge in [-0.2, -0.15) is 0 Å². The summed E-state index contributed by atoms with van der Waals surface area (Å²) in [5.74, 6) is 1.21. The first-order valence-electron chi connectivity index (χ1n) is 7.12. The SMILES string of the molecule is COc1cccc(C(=O)N2CCC(Oc3ccncn3)C2)c1. The molecule has 0 saturated carbocycles. The second-order valence-electron chi connectivity index (χ2n) is 5.06. The van der Waals surface area contributed by atoms with Crippen molar-refractivity contribution in [3.63, 3.8) is 0 Å². The lowest BCUT2D eigenvalue weighted by Gasteiger charge is -2.17. The smallest absolute Gasteiger partial charge is 0.254 e. The van der Waals surface area contributed by atoms with Crippen molar-refractivity contribution >= 4 is 5.91 Å². The molecule has 1 atom stereocenters. The molecular weight excluding hydrogens is 282 g/mol. The van der Waals surface area contributed by atoms with Crippen LogP contribution in [0.1, 0.15) is 16.8 Å². The lowest BCUT2D eigenvalue weighted by Crippen LogP contribution is -2.31. The molecule has 6 heteroatoms. The summed E-state index contributed by atoms with van der Waals surface area (Å²) < 4.78 is 10.9. The number of nitrogens with zero attached hydrogens (tertiary/aromatic N) is 3. The van der Waals surface area contributed by atoms with Crippen molar-refractivity contribution in [1.29, 1.82) is 0 Å². The van der Waals surface area contributed by atoms with Crippen LogP contribution in [0.5, 0.6) is 11.6 Å². The Hall–Kier alpha value is -2.63. The van der Waals surface area contributed by atoms with E-state index in [4.69, 9.17) is 9.47 Å². The summed E-state index contributed by atoms with van der Waals surface area (Å²) in [5, 5.41) is 0. The molecule has 1 aliphatic rings. The van der Waals surface area contributed by atoms with Crippen LogP contribution in [0.4, 0.5) is 0 Å². The fourth-order valence-corrected chi connectivity index (χ4v) is 2.47. The van der Waals surface area contributed by atoms with Gasteiger partial charge in [-0.3, -0.25) is 4.79 Å². The molecule has 0 spiro atoms. The highest BCUT2D eigenvalue weighted by atomic mass is 16.5. The zero-order chi connectivity index (χ0) is 15.4. The van der Waals surface area contributed by atoms with Crippen molar-refractivity contribution in [2.45, 2.75) is 12.5 Å². The number of methoxy groups -OCH3 is 1. The normalized spacial score (nSPS) is 17.3. The summed E-state index contributed by atoms with van der Waals surface area (Å²) >= 11 is 0. The van der Waals surface area contributed by atoms with Gasteiger partial charge in [-0.05, 0) is 18.2 Å². The number of likely N-dealkylation sites (tertiary alicyclic amines) is 1. The summed E-state index contributed by atoms with van der Waals surface area (Å²) in [6.07, 6.45) is 3.84. The number of carbonyl (C=O) groups excluding carboxylic acids is 1. The lowest BCUT2D eigenvalue weighted by atomic mass is 10.2. The molecule has 114 valence electrons. The standard InChI is InChI=1S/C16H17N3O3/c1-21-13-4-2-3-12(9-13)16(20)19-8-6-14(10-19)22-15-5-7-17-11-18-15/h2-5,7,9,11,14H,6,8,10H2,1H3. The molecule has 1 aliphatic heterocycles. The highest BCUT2D eigenvalue weighted by Crippen LogP contribution is 2.20. The second-order valence-corrected chi connectivity index (χ2v) is 5.06. The maximum atomic E-state index is 12.5. The van der Waals surface area contributed by atoms with Crippen molar-refractivity contribution in [2.24, 2.45) is 0 Å². The number of aromatic nitrogens is 2. The van der Waals surface area contributed by atoms with E-state index in [2.05, 4.69) is 9.97 Å². The van der Waals surface area contributed by atoms with Gasteiger partial charge < -0.3 is 14.4 Å². The van der Waals surface area contributed by atoms with Crippen molar-refractivity contribution in [1.82, 2.24) is 14.9 Å². The molecule has 1 aromatic heterocycles. The molecule has 22 heavy (non-hydrogen) atoms. The molecule has 1 amide bonds. The minimum Gasteiger partial charge on any atom is -0.497 e. The average Bonchev–Trinajstić information content (AvgIpc) is 3.03. The van der Waals surface area contributed by atoms with Gasteiger partial charge in [0.2, 0.25) is 5.88 Å². The van der Waals surface area contributed by atoms with Gasteiger partial charge in [-0.15, -0.1) is 0 Å². The first-order chi connectivity index (χ1) is 10.8. The van der Waals surface area contributed by atoms with Crippen LogP contribution in [0.25, 0.3) is 0 Å². The van der Waals surface area contributed by atoms with Crippen LogP contribution in [0.2, 0.25) is 0 Å². The van der Waals surface area contributed by atoms with E-state index in [0.29, 0.717) is 30.3 Å². The van der Waals surface area contributed by atoms with Crippen LogP contribution in [-0.4, -0.2) is 47.1 Å². The Morgan fingerprint density at radius 1 is 1.36 bits per heavy atom. The highest BCUT2D eigenvalue weighted by Gasteiger charge is 2.28. The van der Waals surface area contributed by atoms with Crippen LogP contribution in [-0.2, 0) is 0 Å². The van der Waals surface area contributed by atoms with E-state index in [9.17, 15) is 4.79 Å². The molecule has 0 radical (unpaired) electrons. The minimum atomic E-state index is -0.0375. The first-order valence-corrected chi connectivity index (χ1v) is 7.12. The van der Waals surface area contributed by atoms with E-state index in [-0.39, 0.29) is 12.0 Å². The fourth-order valence-electron chi connectivity index (χ4n) is 2.47. The quantitative estimate of drug-likeness (QED) is 0.861. The molecule has 1 saturated heterocycles. The number of rotatable bonds is 4. The molecule has 1 fully saturated rings. The van der Waals surface area contributed by atoms with E-state index < -0.39 is 0 Å². The Morgan fingerprint density at radius 3 is 3.05 bits per heavy atom. The molecular formula is C16H17N3O3. The van der Waals surface area contributed by atoms with Crippen molar-refractivity contribution < 1.29 is 14.3 Å². The predicted octanol–water partition coefficient (Wildman–Crippen LogP) is 1.78. The third kappa shape index (κ3) is 3.16. The molecule has 0 bridgehead atoms. The van der Waals surface area contributed by atoms with Gasteiger partial charge in [0.1, 0.15) is 18.2 Å². The Labute approximate surface area is 128 Å². The molecule has 2 aromatic rings. The Kier molecular flexibility index (Phi) is 4.18. The Bertz CT molecular complexity index is 648.